The number of rotatable bonds is 4. The second-order valence-corrected chi connectivity index (χ2v) is 3.49. The van der Waals surface area contributed by atoms with Crippen molar-refractivity contribution in [1.82, 2.24) is 0 Å². The molecule has 0 spiro atoms. The average Bonchev–Trinajstić information content (AvgIpc) is 1.63. The maximum Gasteiger partial charge on any atom is 1.00 e. The van der Waals surface area contributed by atoms with Crippen LogP contribution in [0.4, 0.5) is 0 Å². The summed E-state index contributed by atoms with van der Waals surface area (Å²) in [6.45, 7) is 1.96. The van der Waals surface area contributed by atoms with Crippen molar-refractivity contribution < 1.29 is 35.4 Å². The molecule has 0 amide bonds. The molecular formula is C5H11AgO3S. The summed E-state index contributed by atoms with van der Waals surface area (Å²) in [6, 6.07) is 0. The van der Waals surface area contributed by atoms with Crippen molar-refractivity contribution in [3.8, 4) is 0 Å². The van der Waals surface area contributed by atoms with Crippen molar-refractivity contribution in [3.63, 3.8) is 0 Å². The first-order chi connectivity index (χ1) is 4.06. The minimum absolute atomic E-state index is 0. The van der Waals surface area contributed by atoms with Gasteiger partial charge in [-0.25, -0.2) is 8.42 Å². The maximum absolute atomic E-state index is 9.95. The van der Waals surface area contributed by atoms with Gasteiger partial charge >= 0.3 is 22.4 Å². The summed E-state index contributed by atoms with van der Waals surface area (Å²) in [5.74, 6) is -0.208. The van der Waals surface area contributed by atoms with E-state index in [0.29, 0.717) is 6.42 Å². The van der Waals surface area contributed by atoms with Crippen molar-refractivity contribution in [1.29, 1.82) is 0 Å². The fourth-order valence-electron chi connectivity index (χ4n) is 0.529. The third kappa shape index (κ3) is 11.4. The van der Waals surface area contributed by atoms with Gasteiger partial charge in [-0.1, -0.05) is 19.8 Å². The maximum atomic E-state index is 9.95. The van der Waals surface area contributed by atoms with Crippen LogP contribution in [-0.2, 0) is 32.5 Å². The molecule has 0 aromatic rings. The Morgan fingerprint density at radius 1 is 1.30 bits per heavy atom. The topological polar surface area (TPSA) is 57.2 Å². The molecule has 0 rings (SSSR count). The second kappa shape index (κ2) is 6.37. The molecule has 3 nitrogen and oxygen atoms in total. The van der Waals surface area contributed by atoms with Crippen molar-refractivity contribution in [3.05, 3.63) is 0 Å². The van der Waals surface area contributed by atoms with Crippen LogP contribution < -0.4 is 0 Å². The Balaban J connectivity index is 0. The van der Waals surface area contributed by atoms with Gasteiger partial charge in [0.1, 0.15) is 0 Å². The molecule has 0 aliphatic heterocycles. The molecule has 0 unspecified atom stereocenters. The summed E-state index contributed by atoms with van der Waals surface area (Å²) in [6.07, 6.45) is 2.26. The van der Waals surface area contributed by atoms with E-state index in [1.165, 1.54) is 0 Å². The molecule has 0 aromatic carbocycles. The molecule has 0 heterocycles. The molecule has 10 heavy (non-hydrogen) atoms. The zero-order chi connectivity index (χ0) is 7.33. The van der Waals surface area contributed by atoms with Gasteiger partial charge in [-0.3, -0.25) is 0 Å². The zero-order valence-electron chi connectivity index (χ0n) is 5.76. The minimum Gasteiger partial charge on any atom is -0.748 e. The van der Waals surface area contributed by atoms with E-state index in [2.05, 4.69) is 0 Å². The SMILES string of the molecule is CCCCCS(=O)(=O)[O-].[Ag+]. The monoisotopic (exact) mass is 258 g/mol. The van der Waals surface area contributed by atoms with E-state index in [1.807, 2.05) is 6.92 Å². The van der Waals surface area contributed by atoms with Crippen molar-refractivity contribution >= 4 is 10.1 Å². The van der Waals surface area contributed by atoms with Gasteiger partial charge in [0.25, 0.3) is 0 Å². The first-order valence-corrected chi connectivity index (χ1v) is 4.57. The van der Waals surface area contributed by atoms with E-state index >= 15 is 0 Å². The molecule has 0 fully saturated rings. The predicted octanol–water partition coefficient (Wildman–Crippen LogP) is 0.719. The van der Waals surface area contributed by atoms with Crippen LogP contribution in [0, 0.1) is 0 Å². The Hall–Kier alpha value is 0.650. The van der Waals surface area contributed by atoms with Crippen LogP contribution in [0.15, 0.2) is 0 Å². The van der Waals surface area contributed by atoms with Gasteiger partial charge in [-0.05, 0) is 6.42 Å². The van der Waals surface area contributed by atoms with Crippen molar-refractivity contribution in [2.75, 3.05) is 5.75 Å². The predicted molar refractivity (Wildman–Crippen MR) is 34.1 cm³/mol. The molecule has 0 saturated heterocycles. The van der Waals surface area contributed by atoms with E-state index in [9.17, 15) is 13.0 Å². The number of hydrogen-bond donors (Lipinski definition) is 0. The normalized spacial score (nSPS) is 10.6. The van der Waals surface area contributed by atoms with Gasteiger partial charge in [0.2, 0.25) is 0 Å². The van der Waals surface area contributed by atoms with Crippen LogP contribution in [0.25, 0.3) is 0 Å². The van der Waals surface area contributed by atoms with Gasteiger partial charge in [-0.15, -0.1) is 0 Å². The summed E-state index contributed by atoms with van der Waals surface area (Å²) in [7, 11) is -3.95. The molecule has 0 saturated carbocycles. The van der Waals surface area contributed by atoms with Crippen molar-refractivity contribution in [2.24, 2.45) is 0 Å². The fourth-order valence-corrected chi connectivity index (χ4v) is 1.09. The van der Waals surface area contributed by atoms with Crippen LogP contribution in [-0.4, -0.2) is 18.7 Å². The average molecular weight is 259 g/mol. The number of hydrogen-bond acceptors (Lipinski definition) is 3. The van der Waals surface area contributed by atoms with Crippen LogP contribution in [0.3, 0.4) is 0 Å². The molecule has 0 aliphatic rings. The van der Waals surface area contributed by atoms with Gasteiger partial charge in [0.15, 0.2) is 0 Å². The van der Waals surface area contributed by atoms with E-state index in [4.69, 9.17) is 0 Å². The smallest absolute Gasteiger partial charge is 0.748 e. The van der Waals surface area contributed by atoms with Crippen LogP contribution in [0.2, 0.25) is 0 Å². The molecule has 0 atom stereocenters. The summed E-state index contributed by atoms with van der Waals surface area (Å²) in [5.41, 5.74) is 0. The first-order valence-electron chi connectivity index (χ1n) is 3.00. The first kappa shape index (κ1) is 13.3. The van der Waals surface area contributed by atoms with E-state index in [0.717, 1.165) is 12.8 Å². The Kier molecular flexibility index (Phi) is 8.44. The molecule has 0 bridgehead atoms. The van der Waals surface area contributed by atoms with E-state index < -0.39 is 10.1 Å². The molecule has 0 radical (unpaired) electrons. The Labute approximate surface area is 77.5 Å². The van der Waals surface area contributed by atoms with Crippen LogP contribution in [0.5, 0.6) is 0 Å². The van der Waals surface area contributed by atoms with Crippen LogP contribution in [0.1, 0.15) is 26.2 Å². The van der Waals surface area contributed by atoms with Crippen LogP contribution >= 0.6 is 0 Å². The van der Waals surface area contributed by atoms with Crippen molar-refractivity contribution in [2.45, 2.75) is 26.2 Å². The summed E-state index contributed by atoms with van der Waals surface area (Å²) >= 11 is 0. The molecule has 5 heteroatoms. The largest absolute Gasteiger partial charge is 1.00 e. The quantitative estimate of drug-likeness (QED) is 0.424. The number of unbranched alkanes of at least 4 members (excludes halogenated alkanes) is 2. The molecule has 0 aromatic heterocycles. The summed E-state index contributed by atoms with van der Waals surface area (Å²) in [4.78, 5) is 0. The third-order valence-corrected chi connectivity index (χ3v) is 1.79. The Morgan fingerprint density at radius 3 is 2.10 bits per heavy atom. The Bertz CT molecular complexity index is 152. The van der Waals surface area contributed by atoms with Gasteiger partial charge < -0.3 is 4.55 Å². The van der Waals surface area contributed by atoms with E-state index in [-0.39, 0.29) is 28.1 Å². The molecular weight excluding hydrogens is 248 g/mol. The van der Waals surface area contributed by atoms with E-state index in [1.54, 1.807) is 0 Å². The standard InChI is InChI=1S/C5H12O3S.Ag/c1-2-3-4-5-9(6,7)8;/h2-5H2,1H3,(H,6,7,8);/q;+1/p-1. The van der Waals surface area contributed by atoms with Gasteiger partial charge in [0, 0.05) is 5.75 Å². The molecule has 66 valence electrons. The second-order valence-electron chi connectivity index (χ2n) is 1.97. The fraction of sp³-hybridized carbons (Fsp3) is 1.00. The summed E-state index contributed by atoms with van der Waals surface area (Å²) in [5, 5.41) is 0. The van der Waals surface area contributed by atoms with Gasteiger partial charge in [0.05, 0.1) is 10.1 Å². The third-order valence-electron chi connectivity index (χ3n) is 0.998. The molecule has 0 N–H and O–H groups in total. The minimum atomic E-state index is -3.95. The molecule has 0 aliphatic carbocycles. The Morgan fingerprint density at radius 2 is 1.80 bits per heavy atom. The summed E-state index contributed by atoms with van der Waals surface area (Å²) < 4.78 is 29.9. The zero-order valence-corrected chi connectivity index (χ0v) is 8.06. The van der Waals surface area contributed by atoms with Gasteiger partial charge in [-0.2, -0.15) is 0 Å².